The number of rotatable bonds is 11. The largest absolute Gasteiger partial charge is 0.496 e. The van der Waals surface area contributed by atoms with Crippen LogP contribution in [0.25, 0.3) is 10.8 Å². The van der Waals surface area contributed by atoms with Gasteiger partial charge in [-0.2, -0.15) is 0 Å². The number of carbonyl (C=O) groups is 3. The number of nitrogens with zero attached hydrogens (tertiary/aromatic N) is 1. The molecule has 4 rings (SSSR count). The number of H-pyrrole nitrogens is 1. The zero-order chi connectivity index (χ0) is 35.2. The molecule has 12 nitrogen and oxygen atoms in total. The van der Waals surface area contributed by atoms with Crippen molar-refractivity contribution in [1.29, 1.82) is 0 Å². The average Bonchev–Trinajstić information content (AvgIpc) is 3.03. The van der Waals surface area contributed by atoms with E-state index in [0.29, 0.717) is 44.0 Å². The van der Waals surface area contributed by atoms with E-state index in [2.05, 4.69) is 15.6 Å². The molecule has 13 heteroatoms. The van der Waals surface area contributed by atoms with Gasteiger partial charge >= 0.3 is 18.2 Å². The Balaban J connectivity index is 1.40. The molecule has 0 fully saturated rings. The highest BCUT2D eigenvalue weighted by molar-refractivity contribution is 6.35. The number of pyridine rings is 1. The van der Waals surface area contributed by atoms with Gasteiger partial charge in [0.2, 0.25) is 0 Å². The lowest BCUT2D eigenvalue weighted by molar-refractivity contribution is -0.138. The molecule has 0 saturated heterocycles. The van der Waals surface area contributed by atoms with Crippen molar-refractivity contribution in [3.63, 3.8) is 0 Å². The summed E-state index contributed by atoms with van der Waals surface area (Å²) in [6, 6.07) is 15.7. The Hall–Kier alpha value is -5.23. The molecule has 1 unspecified atom stereocenters. The Labute approximate surface area is 282 Å². The molecule has 0 radical (unpaired) electrons. The first-order chi connectivity index (χ1) is 22.6. The van der Waals surface area contributed by atoms with E-state index in [-0.39, 0.29) is 24.6 Å². The number of aromatic nitrogens is 1. The number of halogens is 1. The van der Waals surface area contributed by atoms with Gasteiger partial charge < -0.3 is 34.5 Å². The normalized spacial score (nSPS) is 12.5. The second-order valence-corrected chi connectivity index (χ2v) is 12.7. The molecule has 0 aliphatic heterocycles. The molecular formula is C35H39ClN4O8. The van der Waals surface area contributed by atoms with Crippen molar-refractivity contribution in [3.8, 4) is 5.75 Å². The number of hydrogen-bond donors (Lipinski definition) is 4. The Morgan fingerprint density at radius 3 is 2.46 bits per heavy atom. The van der Waals surface area contributed by atoms with Crippen molar-refractivity contribution in [2.45, 2.75) is 51.8 Å². The summed E-state index contributed by atoms with van der Waals surface area (Å²) >= 11 is 6.18. The van der Waals surface area contributed by atoms with Crippen molar-refractivity contribution >= 4 is 51.9 Å². The lowest BCUT2D eigenvalue weighted by Gasteiger charge is -2.24. The van der Waals surface area contributed by atoms with E-state index in [9.17, 15) is 24.3 Å². The molecule has 0 aliphatic carbocycles. The first kappa shape index (κ1) is 35.6. The number of carbonyl (C=O) groups excluding carboxylic acids is 2. The number of carboxylic acids is 1. The minimum absolute atomic E-state index is 0.0113. The van der Waals surface area contributed by atoms with Crippen LogP contribution in [0.1, 0.15) is 56.3 Å². The van der Waals surface area contributed by atoms with Gasteiger partial charge in [-0.05, 0) is 62.2 Å². The number of methoxy groups -OCH3 is 1. The number of hydrogen-bond acceptors (Lipinski definition) is 8. The molecule has 48 heavy (non-hydrogen) atoms. The van der Waals surface area contributed by atoms with Gasteiger partial charge in [-0.3, -0.25) is 10.1 Å². The van der Waals surface area contributed by atoms with Crippen LogP contribution in [0.2, 0.25) is 5.02 Å². The molecule has 4 aromatic rings. The van der Waals surface area contributed by atoms with Crippen LogP contribution in [0.3, 0.4) is 0 Å². The Morgan fingerprint density at radius 1 is 1.02 bits per heavy atom. The average molecular weight is 679 g/mol. The third kappa shape index (κ3) is 9.19. The van der Waals surface area contributed by atoms with Crippen LogP contribution in [0.4, 0.5) is 21.0 Å². The molecule has 3 aromatic carbocycles. The summed E-state index contributed by atoms with van der Waals surface area (Å²) in [5, 5.41) is 17.0. The maximum atomic E-state index is 12.7. The highest BCUT2D eigenvalue weighted by Gasteiger charge is 2.24. The number of amides is 2. The third-order valence-corrected chi connectivity index (χ3v) is 7.61. The number of fused-ring (bicyclic) bond motifs is 1. The van der Waals surface area contributed by atoms with E-state index in [1.54, 1.807) is 82.4 Å². The van der Waals surface area contributed by atoms with Gasteiger partial charge in [0.1, 0.15) is 11.4 Å². The Bertz CT molecular complexity index is 1870. The number of aromatic amines is 1. The van der Waals surface area contributed by atoms with Crippen LogP contribution in [-0.4, -0.2) is 59.5 Å². The molecule has 1 heterocycles. The summed E-state index contributed by atoms with van der Waals surface area (Å²) < 4.78 is 16.5. The first-order valence-electron chi connectivity index (χ1n) is 15.1. The number of benzene rings is 3. The molecular weight excluding hydrogens is 640 g/mol. The summed E-state index contributed by atoms with van der Waals surface area (Å²) in [7, 11) is 3.10. The maximum Gasteiger partial charge on any atom is 0.411 e. The second-order valence-electron chi connectivity index (χ2n) is 12.3. The summed E-state index contributed by atoms with van der Waals surface area (Å²) in [5.41, 5.74) is 1.85. The zero-order valence-electron chi connectivity index (χ0n) is 27.5. The van der Waals surface area contributed by atoms with E-state index < -0.39 is 29.8 Å². The van der Waals surface area contributed by atoms with Crippen LogP contribution < -0.4 is 20.9 Å². The number of nitrogens with one attached hydrogen (secondary N) is 3. The SMILES string of the molecule is COc1cc(C(Nc2ccc3c(Cl)c[nH]c(=O)c3c2)C(=O)O)ccc1[C@@H](C)COC(=O)Nc1cccc(CN(C)C(=O)OC(C)(C)C)c1. The van der Waals surface area contributed by atoms with Gasteiger partial charge in [0.15, 0.2) is 6.04 Å². The van der Waals surface area contributed by atoms with E-state index >= 15 is 0 Å². The highest BCUT2D eigenvalue weighted by atomic mass is 35.5. The fraction of sp³-hybridized carbons (Fsp3) is 0.314. The van der Waals surface area contributed by atoms with E-state index in [1.807, 2.05) is 13.0 Å². The predicted molar refractivity (Wildman–Crippen MR) is 184 cm³/mol. The minimum Gasteiger partial charge on any atom is -0.496 e. The molecule has 0 aliphatic rings. The zero-order valence-corrected chi connectivity index (χ0v) is 28.3. The van der Waals surface area contributed by atoms with Crippen LogP contribution >= 0.6 is 11.6 Å². The van der Waals surface area contributed by atoms with Gasteiger partial charge in [0.05, 0.1) is 24.1 Å². The Morgan fingerprint density at radius 2 is 1.77 bits per heavy atom. The predicted octanol–water partition coefficient (Wildman–Crippen LogP) is 7.15. The van der Waals surface area contributed by atoms with Crippen molar-refractivity contribution in [1.82, 2.24) is 9.88 Å². The Kier molecular flexibility index (Phi) is 11.2. The first-order valence-corrected chi connectivity index (χ1v) is 15.5. The lowest BCUT2D eigenvalue weighted by atomic mass is 9.96. The molecule has 0 saturated carbocycles. The van der Waals surface area contributed by atoms with Crippen LogP contribution in [0, 0.1) is 0 Å². The highest BCUT2D eigenvalue weighted by Crippen LogP contribution is 2.32. The van der Waals surface area contributed by atoms with E-state index in [1.165, 1.54) is 18.2 Å². The summed E-state index contributed by atoms with van der Waals surface area (Å²) in [6.07, 6.45) is 0.281. The summed E-state index contributed by atoms with van der Waals surface area (Å²) in [6.45, 7) is 7.53. The van der Waals surface area contributed by atoms with Gasteiger partial charge in [-0.1, -0.05) is 48.9 Å². The quantitative estimate of drug-likeness (QED) is 0.129. The molecule has 0 bridgehead atoms. The third-order valence-electron chi connectivity index (χ3n) is 7.29. The fourth-order valence-corrected chi connectivity index (χ4v) is 5.17. The second kappa shape index (κ2) is 15.1. The van der Waals surface area contributed by atoms with Crippen molar-refractivity contribution < 1.29 is 33.7 Å². The van der Waals surface area contributed by atoms with Crippen molar-refractivity contribution in [3.05, 3.63) is 98.9 Å². The number of ether oxygens (including phenoxy) is 3. The molecule has 254 valence electrons. The van der Waals surface area contributed by atoms with Crippen molar-refractivity contribution in [2.24, 2.45) is 0 Å². The summed E-state index contributed by atoms with van der Waals surface area (Å²) in [4.78, 5) is 53.6. The van der Waals surface area contributed by atoms with Gasteiger partial charge in [-0.15, -0.1) is 0 Å². The van der Waals surface area contributed by atoms with Gasteiger partial charge in [-0.25, -0.2) is 14.4 Å². The van der Waals surface area contributed by atoms with E-state index in [4.69, 9.17) is 25.8 Å². The standard InChI is InChI=1S/C35H39ClN4O8/c1-20(19-47-33(44)39-23-9-7-8-21(14-23)18-40(5)34(45)48-35(2,3)4)25-12-10-22(15-29(25)46-6)30(32(42)43)38-24-11-13-26-27(16-24)31(41)37-17-28(26)36/h7-17,20,30,38H,18-19H2,1-6H3,(H,37,41)(H,39,44)(H,42,43)/t20-,30?/m0/s1. The minimum atomic E-state index is -1.17. The van der Waals surface area contributed by atoms with Gasteiger partial charge in [0, 0.05) is 48.0 Å². The number of aliphatic carboxylic acids is 1. The smallest absolute Gasteiger partial charge is 0.411 e. The number of carboxylic acid groups (broad SMARTS) is 1. The number of anilines is 2. The molecule has 2 amide bonds. The van der Waals surface area contributed by atoms with Gasteiger partial charge in [0.25, 0.3) is 5.56 Å². The van der Waals surface area contributed by atoms with Crippen LogP contribution in [0.5, 0.6) is 5.75 Å². The molecule has 2 atom stereocenters. The molecule has 1 aromatic heterocycles. The van der Waals surface area contributed by atoms with E-state index in [0.717, 1.165) is 5.56 Å². The van der Waals surface area contributed by atoms with Crippen molar-refractivity contribution in [2.75, 3.05) is 31.4 Å². The lowest BCUT2D eigenvalue weighted by Crippen LogP contribution is -2.33. The molecule has 0 spiro atoms. The monoisotopic (exact) mass is 678 g/mol. The van der Waals surface area contributed by atoms with Crippen LogP contribution in [-0.2, 0) is 20.8 Å². The van der Waals surface area contributed by atoms with Crippen LogP contribution in [0.15, 0.2) is 71.7 Å². The summed E-state index contributed by atoms with van der Waals surface area (Å²) in [5.74, 6) is -1.03. The molecule has 4 N–H and O–H groups in total. The maximum absolute atomic E-state index is 12.7. The fourth-order valence-electron chi connectivity index (χ4n) is 4.95. The topological polar surface area (TPSA) is 159 Å².